The van der Waals surface area contributed by atoms with Gasteiger partial charge in [-0.15, -0.1) is 0 Å². The average molecular weight is 369 g/mol. The molecule has 0 aromatic heterocycles. The van der Waals surface area contributed by atoms with E-state index in [1.807, 2.05) is 0 Å². The minimum atomic E-state index is -0.968. The second-order valence-corrected chi connectivity index (χ2v) is 6.01. The third-order valence-electron chi connectivity index (χ3n) is 3.59. The quantitative estimate of drug-likeness (QED) is 0.826. The number of nitrogens with one attached hydrogen (secondary N) is 1. The molecule has 1 aliphatic heterocycles. The van der Waals surface area contributed by atoms with E-state index in [4.69, 9.17) is 5.11 Å². The second kappa shape index (κ2) is 7.40. The number of carboxylic acids is 1. The molecule has 1 aliphatic rings. The summed E-state index contributed by atoms with van der Waals surface area (Å²) in [5.74, 6) is -1.46. The van der Waals surface area contributed by atoms with Crippen LogP contribution in [0.4, 0.5) is 0 Å². The third kappa shape index (κ3) is 4.07. The van der Waals surface area contributed by atoms with Crippen LogP contribution in [0.5, 0.6) is 0 Å². The SMILES string of the molecule is O=C(NCCC(=O)N1CCCC1C(=O)O)c1ccc(Br)cc1. The van der Waals surface area contributed by atoms with Gasteiger partial charge in [-0.05, 0) is 37.1 Å². The molecule has 2 amide bonds. The smallest absolute Gasteiger partial charge is 0.326 e. The van der Waals surface area contributed by atoms with Crippen LogP contribution in [-0.4, -0.2) is 46.9 Å². The zero-order chi connectivity index (χ0) is 16.1. The van der Waals surface area contributed by atoms with Gasteiger partial charge >= 0.3 is 5.97 Å². The van der Waals surface area contributed by atoms with E-state index in [1.54, 1.807) is 24.3 Å². The maximum absolute atomic E-state index is 12.0. The van der Waals surface area contributed by atoms with Gasteiger partial charge in [0.05, 0.1) is 0 Å². The van der Waals surface area contributed by atoms with E-state index in [9.17, 15) is 14.4 Å². The molecular formula is C15H17BrN2O4. The van der Waals surface area contributed by atoms with Crippen LogP contribution in [0.25, 0.3) is 0 Å². The molecule has 22 heavy (non-hydrogen) atoms. The number of carbonyl (C=O) groups excluding carboxylic acids is 2. The summed E-state index contributed by atoms with van der Waals surface area (Å²) in [6, 6.07) is 6.17. The molecule has 118 valence electrons. The molecule has 6 nitrogen and oxygen atoms in total. The number of nitrogens with zero attached hydrogens (tertiary/aromatic N) is 1. The average Bonchev–Trinajstić information content (AvgIpc) is 2.97. The molecular weight excluding hydrogens is 352 g/mol. The molecule has 0 radical (unpaired) electrons. The van der Waals surface area contributed by atoms with Crippen molar-refractivity contribution >= 4 is 33.7 Å². The molecule has 1 aromatic carbocycles. The molecule has 7 heteroatoms. The van der Waals surface area contributed by atoms with E-state index in [2.05, 4.69) is 21.2 Å². The third-order valence-corrected chi connectivity index (χ3v) is 4.12. The first kappa shape index (κ1) is 16.5. The van der Waals surface area contributed by atoms with E-state index in [-0.39, 0.29) is 24.8 Å². The summed E-state index contributed by atoms with van der Waals surface area (Å²) in [6.07, 6.45) is 1.30. The van der Waals surface area contributed by atoms with Gasteiger partial charge in [0.2, 0.25) is 5.91 Å². The molecule has 1 aromatic rings. The lowest BCUT2D eigenvalue weighted by molar-refractivity contribution is -0.148. The van der Waals surface area contributed by atoms with Gasteiger partial charge in [-0.25, -0.2) is 4.79 Å². The van der Waals surface area contributed by atoms with Crippen LogP contribution in [0.1, 0.15) is 29.6 Å². The number of rotatable bonds is 5. The summed E-state index contributed by atoms with van der Waals surface area (Å²) >= 11 is 3.29. The predicted molar refractivity (Wildman–Crippen MR) is 83.5 cm³/mol. The molecule has 0 spiro atoms. The van der Waals surface area contributed by atoms with Crippen LogP contribution < -0.4 is 5.32 Å². The fourth-order valence-electron chi connectivity index (χ4n) is 2.45. The first-order valence-electron chi connectivity index (χ1n) is 7.05. The molecule has 1 heterocycles. The fraction of sp³-hybridized carbons (Fsp3) is 0.400. The summed E-state index contributed by atoms with van der Waals surface area (Å²) in [4.78, 5) is 36.3. The molecule has 1 unspecified atom stereocenters. The number of amides is 2. The highest BCUT2D eigenvalue weighted by Crippen LogP contribution is 2.18. The Morgan fingerprint density at radius 2 is 1.95 bits per heavy atom. The van der Waals surface area contributed by atoms with Crippen LogP contribution in [0.3, 0.4) is 0 Å². The lowest BCUT2D eigenvalue weighted by Gasteiger charge is -2.21. The van der Waals surface area contributed by atoms with E-state index in [0.717, 1.165) is 4.47 Å². The van der Waals surface area contributed by atoms with Gasteiger partial charge < -0.3 is 15.3 Å². The molecule has 2 N–H and O–H groups in total. The van der Waals surface area contributed by atoms with E-state index in [1.165, 1.54) is 4.90 Å². The van der Waals surface area contributed by atoms with Gasteiger partial charge in [-0.1, -0.05) is 15.9 Å². The van der Waals surface area contributed by atoms with E-state index in [0.29, 0.717) is 24.9 Å². The van der Waals surface area contributed by atoms with Gasteiger partial charge in [-0.3, -0.25) is 9.59 Å². The Morgan fingerprint density at radius 3 is 2.59 bits per heavy atom. The summed E-state index contributed by atoms with van der Waals surface area (Å²) in [5.41, 5.74) is 0.514. The second-order valence-electron chi connectivity index (χ2n) is 5.10. The first-order chi connectivity index (χ1) is 10.5. The van der Waals surface area contributed by atoms with Gasteiger partial charge in [0.1, 0.15) is 6.04 Å². The molecule has 1 atom stereocenters. The van der Waals surface area contributed by atoms with Crippen molar-refractivity contribution in [2.24, 2.45) is 0 Å². The van der Waals surface area contributed by atoms with Crippen LogP contribution in [0, 0.1) is 0 Å². The number of carbonyl (C=O) groups is 3. The Morgan fingerprint density at radius 1 is 1.27 bits per heavy atom. The standard InChI is InChI=1S/C15H17BrN2O4/c16-11-5-3-10(4-6-11)14(20)17-8-7-13(19)18-9-1-2-12(18)15(21)22/h3-6,12H,1-2,7-9H2,(H,17,20)(H,21,22). The van der Waals surface area contributed by atoms with Crippen LogP contribution in [0.15, 0.2) is 28.7 Å². The monoisotopic (exact) mass is 368 g/mol. The van der Waals surface area contributed by atoms with Crippen molar-refractivity contribution in [2.45, 2.75) is 25.3 Å². The molecule has 0 aliphatic carbocycles. The summed E-state index contributed by atoms with van der Waals surface area (Å²) < 4.78 is 0.882. The molecule has 0 saturated carbocycles. The normalized spacial score (nSPS) is 17.3. The largest absolute Gasteiger partial charge is 0.480 e. The highest BCUT2D eigenvalue weighted by molar-refractivity contribution is 9.10. The minimum Gasteiger partial charge on any atom is -0.480 e. The lowest BCUT2D eigenvalue weighted by atomic mass is 10.2. The first-order valence-corrected chi connectivity index (χ1v) is 7.84. The molecule has 1 fully saturated rings. The van der Waals surface area contributed by atoms with Crippen molar-refractivity contribution in [3.63, 3.8) is 0 Å². The Balaban J connectivity index is 1.80. The number of carboxylic acid groups (broad SMARTS) is 1. The fourth-order valence-corrected chi connectivity index (χ4v) is 2.72. The van der Waals surface area contributed by atoms with Crippen molar-refractivity contribution < 1.29 is 19.5 Å². The Bertz CT molecular complexity index is 573. The summed E-state index contributed by atoms with van der Waals surface area (Å²) in [6.45, 7) is 0.660. The highest BCUT2D eigenvalue weighted by atomic mass is 79.9. The maximum Gasteiger partial charge on any atom is 0.326 e. The number of hydrogen-bond acceptors (Lipinski definition) is 3. The Kier molecular flexibility index (Phi) is 5.54. The zero-order valence-corrected chi connectivity index (χ0v) is 13.5. The number of hydrogen-bond donors (Lipinski definition) is 2. The summed E-state index contributed by atoms with van der Waals surface area (Å²) in [7, 11) is 0. The Hall–Kier alpha value is -1.89. The number of aliphatic carboxylic acids is 1. The van der Waals surface area contributed by atoms with Crippen molar-refractivity contribution in [3.05, 3.63) is 34.3 Å². The van der Waals surface area contributed by atoms with Crippen LogP contribution >= 0.6 is 15.9 Å². The van der Waals surface area contributed by atoms with Crippen molar-refractivity contribution in [1.29, 1.82) is 0 Å². The zero-order valence-electron chi connectivity index (χ0n) is 11.9. The Labute approximate surface area is 136 Å². The number of benzene rings is 1. The molecule has 2 rings (SSSR count). The van der Waals surface area contributed by atoms with Crippen LogP contribution in [-0.2, 0) is 9.59 Å². The highest BCUT2D eigenvalue weighted by Gasteiger charge is 2.33. The van der Waals surface area contributed by atoms with E-state index >= 15 is 0 Å². The topological polar surface area (TPSA) is 86.7 Å². The van der Waals surface area contributed by atoms with Gasteiger partial charge in [-0.2, -0.15) is 0 Å². The molecule has 1 saturated heterocycles. The number of halogens is 1. The van der Waals surface area contributed by atoms with Gasteiger partial charge in [0.15, 0.2) is 0 Å². The van der Waals surface area contributed by atoms with Crippen molar-refractivity contribution in [3.8, 4) is 0 Å². The van der Waals surface area contributed by atoms with Crippen molar-refractivity contribution in [1.82, 2.24) is 10.2 Å². The van der Waals surface area contributed by atoms with Crippen molar-refractivity contribution in [2.75, 3.05) is 13.1 Å². The number of likely N-dealkylation sites (tertiary alicyclic amines) is 1. The maximum atomic E-state index is 12.0. The van der Waals surface area contributed by atoms with Gasteiger partial charge in [0, 0.05) is 29.5 Å². The van der Waals surface area contributed by atoms with E-state index < -0.39 is 12.0 Å². The minimum absolute atomic E-state index is 0.103. The predicted octanol–water partition coefficient (Wildman–Crippen LogP) is 1.64. The summed E-state index contributed by atoms with van der Waals surface area (Å²) in [5, 5.41) is 11.7. The van der Waals surface area contributed by atoms with Gasteiger partial charge in [0.25, 0.3) is 5.91 Å². The lowest BCUT2D eigenvalue weighted by Crippen LogP contribution is -2.41. The van der Waals surface area contributed by atoms with Crippen LogP contribution in [0.2, 0.25) is 0 Å². The molecule has 0 bridgehead atoms.